The van der Waals surface area contributed by atoms with Gasteiger partial charge < -0.3 is 4.74 Å². The zero-order valence-corrected chi connectivity index (χ0v) is 14.5. The number of ether oxygens (including phenoxy) is 1. The maximum atomic E-state index is 12.0. The molecule has 0 saturated heterocycles. The zero-order valence-electron chi connectivity index (χ0n) is 12.4. The van der Waals surface area contributed by atoms with Crippen molar-refractivity contribution in [1.29, 1.82) is 0 Å². The second kappa shape index (κ2) is 8.33. The lowest BCUT2D eigenvalue weighted by molar-refractivity contribution is -0.117. The number of benzene rings is 2. The van der Waals surface area contributed by atoms with Crippen LogP contribution in [0, 0.1) is 3.57 Å². The summed E-state index contributed by atoms with van der Waals surface area (Å²) in [6.07, 6.45) is 3.02. The molecule has 118 valence electrons. The number of carbonyl (C=O) groups is 2. The van der Waals surface area contributed by atoms with Gasteiger partial charge in [0.05, 0.1) is 10.7 Å². The Morgan fingerprint density at radius 3 is 2.48 bits per heavy atom. The van der Waals surface area contributed by atoms with Gasteiger partial charge in [0.15, 0.2) is 0 Å². The van der Waals surface area contributed by atoms with Gasteiger partial charge in [0.2, 0.25) is 0 Å². The van der Waals surface area contributed by atoms with Crippen molar-refractivity contribution in [2.24, 2.45) is 0 Å². The summed E-state index contributed by atoms with van der Waals surface area (Å²) in [4.78, 5) is 23.7. The second-order valence-corrected chi connectivity index (χ2v) is 5.70. The number of rotatable bonds is 4. The van der Waals surface area contributed by atoms with Crippen molar-refractivity contribution < 1.29 is 14.3 Å². The maximum absolute atomic E-state index is 12.0. The average Bonchev–Trinajstić information content (AvgIpc) is 2.58. The van der Waals surface area contributed by atoms with Crippen molar-refractivity contribution in [1.82, 2.24) is 10.9 Å². The number of hydrogen-bond donors (Lipinski definition) is 2. The number of carbonyl (C=O) groups excluding carboxylic acids is 2. The van der Waals surface area contributed by atoms with Crippen LogP contribution in [0.1, 0.15) is 15.9 Å². The van der Waals surface area contributed by atoms with Gasteiger partial charge in [-0.15, -0.1) is 0 Å². The second-order valence-electron chi connectivity index (χ2n) is 4.54. The monoisotopic (exact) mass is 422 g/mol. The molecule has 0 bridgehead atoms. The molecule has 0 aliphatic rings. The first kappa shape index (κ1) is 17.0. The summed E-state index contributed by atoms with van der Waals surface area (Å²) >= 11 is 2.08. The topological polar surface area (TPSA) is 67.4 Å². The van der Waals surface area contributed by atoms with Crippen molar-refractivity contribution in [3.8, 4) is 5.75 Å². The highest BCUT2D eigenvalue weighted by molar-refractivity contribution is 14.1. The Bertz CT molecular complexity index is 730. The van der Waals surface area contributed by atoms with E-state index in [4.69, 9.17) is 4.74 Å². The Balaban J connectivity index is 1.90. The highest BCUT2D eigenvalue weighted by Crippen LogP contribution is 2.21. The fourth-order valence-corrected chi connectivity index (χ4v) is 2.51. The quantitative estimate of drug-likeness (QED) is 0.453. The van der Waals surface area contributed by atoms with E-state index in [1.54, 1.807) is 31.4 Å². The first-order chi connectivity index (χ1) is 11.1. The summed E-state index contributed by atoms with van der Waals surface area (Å²) in [5.41, 5.74) is 6.04. The molecule has 0 spiro atoms. The SMILES string of the molecule is COc1ccc(C(=O)NNC(=O)C=Cc2ccccc2)cc1I. The third-order valence-electron chi connectivity index (χ3n) is 2.94. The van der Waals surface area contributed by atoms with Crippen LogP contribution in [0.15, 0.2) is 54.6 Å². The van der Waals surface area contributed by atoms with Crippen LogP contribution < -0.4 is 15.6 Å². The Kier molecular flexibility index (Phi) is 6.16. The molecule has 0 unspecified atom stereocenters. The number of amides is 2. The molecule has 0 radical (unpaired) electrons. The maximum Gasteiger partial charge on any atom is 0.269 e. The van der Waals surface area contributed by atoms with Gasteiger partial charge in [-0.1, -0.05) is 30.3 Å². The number of halogens is 1. The summed E-state index contributed by atoms with van der Waals surface area (Å²) in [6.45, 7) is 0. The molecule has 0 saturated carbocycles. The van der Waals surface area contributed by atoms with Gasteiger partial charge in [-0.3, -0.25) is 20.4 Å². The van der Waals surface area contributed by atoms with Crippen molar-refractivity contribution in [3.63, 3.8) is 0 Å². The summed E-state index contributed by atoms with van der Waals surface area (Å²) in [6, 6.07) is 14.4. The van der Waals surface area contributed by atoms with Gasteiger partial charge in [0.1, 0.15) is 5.75 Å². The first-order valence-corrected chi connectivity index (χ1v) is 7.85. The predicted molar refractivity (Wildman–Crippen MR) is 96.8 cm³/mol. The van der Waals surface area contributed by atoms with Crippen LogP contribution in [0.2, 0.25) is 0 Å². The van der Waals surface area contributed by atoms with E-state index in [2.05, 4.69) is 33.4 Å². The van der Waals surface area contributed by atoms with Gasteiger partial charge in [0.25, 0.3) is 11.8 Å². The molecule has 0 heterocycles. The highest BCUT2D eigenvalue weighted by Gasteiger charge is 2.09. The van der Waals surface area contributed by atoms with E-state index in [0.29, 0.717) is 11.3 Å². The Hall–Kier alpha value is -2.35. The minimum absolute atomic E-state index is 0.396. The smallest absolute Gasteiger partial charge is 0.269 e. The minimum Gasteiger partial charge on any atom is -0.496 e. The van der Waals surface area contributed by atoms with Gasteiger partial charge in [-0.2, -0.15) is 0 Å². The molecule has 5 nitrogen and oxygen atoms in total. The molecule has 0 aliphatic heterocycles. The molecular formula is C17H15IN2O3. The van der Waals surface area contributed by atoms with Crippen LogP contribution in [-0.2, 0) is 4.79 Å². The average molecular weight is 422 g/mol. The first-order valence-electron chi connectivity index (χ1n) is 6.77. The van der Waals surface area contributed by atoms with E-state index in [-0.39, 0.29) is 0 Å². The van der Waals surface area contributed by atoms with E-state index in [1.807, 2.05) is 30.3 Å². The molecule has 2 rings (SSSR count). The number of methoxy groups -OCH3 is 1. The molecule has 6 heteroatoms. The van der Waals surface area contributed by atoms with Crippen LogP contribution in [0.3, 0.4) is 0 Å². The van der Waals surface area contributed by atoms with Gasteiger partial charge in [-0.05, 0) is 52.4 Å². The molecule has 2 N–H and O–H groups in total. The van der Waals surface area contributed by atoms with Crippen LogP contribution in [0.5, 0.6) is 5.75 Å². The molecule has 0 fully saturated rings. The summed E-state index contributed by atoms with van der Waals surface area (Å²) in [7, 11) is 1.57. The van der Waals surface area contributed by atoms with Gasteiger partial charge >= 0.3 is 0 Å². The Morgan fingerprint density at radius 2 is 1.83 bits per heavy atom. The van der Waals surface area contributed by atoms with Crippen molar-refractivity contribution in [2.45, 2.75) is 0 Å². The lowest BCUT2D eigenvalue weighted by atomic mass is 10.2. The number of hydrogen-bond acceptors (Lipinski definition) is 3. The van der Waals surface area contributed by atoms with E-state index in [9.17, 15) is 9.59 Å². The van der Waals surface area contributed by atoms with E-state index in [1.165, 1.54) is 6.08 Å². The third kappa shape index (κ3) is 5.10. The summed E-state index contributed by atoms with van der Waals surface area (Å²) < 4.78 is 5.95. The molecular weight excluding hydrogens is 407 g/mol. The molecule has 0 atom stereocenters. The molecule has 2 aromatic carbocycles. The van der Waals surface area contributed by atoms with Crippen molar-refractivity contribution in [2.75, 3.05) is 7.11 Å². The van der Waals surface area contributed by atoms with Crippen LogP contribution >= 0.6 is 22.6 Å². The summed E-state index contributed by atoms with van der Waals surface area (Å²) in [5.74, 6) is -0.116. The fourth-order valence-electron chi connectivity index (χ4n) is 1.78. The molecule has 0 aromatic heterocycles. The zero-order chi connectivity index (χ0) is 16.7. The Labute approximate surface area is 147 Å². The normalized spacial score (nSPS) is 10.3. The van der Waals surface area contributed by atoms with E-state index < -0.39 is 11.8 Å². The minimum atomic E-state index is -0.412. The lowest BCUT2D eigenvalue weighted by Crippen LogP contribution is -2.40. The molecule has 0 aliphatic carbocycles. The Morgan fingerprint density at radius 1 is 1.09 bits per heavy atom. The van der Waals surface area contributed by atoms with E-state index in [0.717, 1.165) is 9.13 Å². The third-order valence-corrected chi connectivity index (χ3v) is 3.78. The van der Waals surface area contributed by atoms with Crippen LogP contribution in [-0.4, -0.2) is 18.9 Å². The van der Waals surface area contributed by atoms with Crippen molar-refractivity contribution in [3.05, 3.63) is 69.3 Å². The standard InChI is InChI=1S/C17H15IN2O3/c1-23-15-9-8-13(11-14(15)18)17(22)20-19-16(21)10-7-12-5-3-2-4-6-12/h2-11H,1H3,(H,19,21)(H,20,22). The van der Waals surface area contributed by atoms with Gasteiger partial charge in [0, 0.05) is 11.6 Å². The highest BCUT2D eigenvalue weighted by atomic mass is 127. The summed E-state index contributed by atoms with van der Waals surface area (Å²) in [5, 5.41) is 0. The molecule has 2 aromatic rings. The molecule has 23 heavy (non-hydrogen) atoms. The predicted octanol–water partition coefficient (Wildman–Crippen LogP) is 2.77. The van der Waals surface area contributed by atoms with Gasteiger partial charge in [-0.25, -0.2) is 0 Å². The number of nitrogens with one attached hydrogen (secondary N) is 2. The lowest BCUT2D eigenvalue weighted by Gasteiger charge is -2.07. The molecule has 2 amide bonds. The largest absolute Gasteiger partial charge is 0.496 e. The van der Waals surface area contributed by atoms with Crippen molar-refractivity contribution >= 4 is 40.5 Å². The fraction of sp³-hybridized carbons (Fsp3) is 0.0588. The van der Waals surface area contributed by atoms with E-state index >= 15 is 0 Å². The van der Waals surface area contributed by atoms with Crippen LogP contribution in [0.4, 0.5) is 0 Å². The number of hydrazine groups is 1. The van der Waals surface area contributed by atoms with Crippen LogP contribution in [0.25, 0.3) is 6.08 Å².